The lowest BCUT2D eigenvalue weighted by Crippen LogP contribution is -2.43. The van der Waals surface area contributed by atoms with E-state index in [9.17, 15) is 26.2 Å². The fourth-order valence-corrected chi connectivity index (χ4v) is 5.47. The molecule has 0 bridgehead atoms. The molecule has 0 spiro atoms. The van der Waals surface area contributed by atoms with Gasteiger partial charge < -0.3 is 10.2 Å². The normalized spacial score (nSPS) is 16.3. The molecular weight excluding hydrogens is 505 g/mol. The second kappa shape index (κ2) is 8.51. The molecule has 1 atom stereocenters. The monoisotopic (exact) mass is 521 g/mol. The first-order valence-corrected chi connectivity index (χ1v) is 11.2. The van der Waals surface area contributed by atoms with Crippen molar-refractivity contribution in [2.24, 2.45) is 0 Å². The Morgan fingerprint density at radius 3 is 2.42 bits per heavy atom. The Morgan fingerprint density at radius 1 is 1.10 bits per heavy atom. The molecule has 0 aliphatic carbocycles. The minimum Gasteiger partial charge on any atom is -0.368 e. The van der Waals surface area contributed by atoms with Crippen molar-refractivity contribution in [3.8, 4) is 0 Å². The van der Waals surface area contributed by atoms with Gasteiger partial charge in [0.1, 0.15) is 0 Å². The molecule has 31 heavy (non-hydrogen) atoms. The number of alkyl halides is 5. The van der Waals surface area contributed by atoms with Gasteiger partial charge >= 0.3 is 6.18 Å². The van der Waals surface area contributed by atoms with Crippen LogP contribution in [0.1, 0.15) is 17.6 Å². The molecule has 1 unspecified atom stereocenters. The van der Waals surface area contributed by atoms with Crippen LogP contribution in [-0.4, -0.2) is 34.4 Å². The third kappa shape index (κ3) is 4.22. The molecule has 1 aliphatic rings. The van der Waals surface area contributed by atoms with E-state index in [1.54, 1.807) is 6.07 Å². The maximum atomic E-state index is 14.0. The molecule has 11 heteroatoms. The highest BCUT2D eigenvalue weighted by atomic mass is 79.9. The highest BCUT2D eigenvalue weighted by molar-refractivity contribution is 9.10. The third-order valence-corrected chi connectivity index (χ3v) is 6.95. The summed E-state index contributed by atoms with van der Waals surface area (Å²) in [5.74, 6) is 0. The molecule has 1 aromatic heterocycles. The predicted octanol–water partition coefficient (Wildman–Crippen LogP) is 5.34. The van der Waals surface area contributed by atoms with E-state index in [4.69, 9.17) is 0 Å². The Hall–Kier alpha value is -1.98. The molecule has 0 amide bonds. The minimum absolute atomic E-state index is 0.175. The molecule has 1 aliphatic heterocycles. The van der Waals surface area contributed by atoms with Crippen LogP contribution in [0.4, 0.5) is 27.6 Å². The molecule has 1 N–H and O–H groups in total. The zero-order valence-electron chi connectivity index (χ0n) is 15.9. The van der Waals surface area contributed by atoms with Gasteiger partial charge in [-0.05, 0) is 24.3 Å². The predicted molar refractivity (Wildman–Crippen MR) is 113 cm³/mol. The van der Waals surface area contributed by atoms with Crippen LogP contribution in [0.5, 0.6) is 0 Å². The third-order valence-electron chi connectivity index (χ3n) is 5.10. The number of halogens is 6. The fourth-order valence-electron chi connectivity index (χ4n) is 3.73. The van der Waals surface area contributed by atoms with E-state index in [2.05, 4.69) is 21.2 Å². The minimum atomic E-state index is -4.73. The zero-order chi connectivity index (χ0) is 22.3. The van der Waals surface area contributed by atoms with Gasteiger partial charge in [-0.3, -0.25) is 3.97 Å². The van der Waals surface area contributed by atoms with Gasteiger partial charge in [-0.25, -0.2) is 13.0 Å². The number of hydrogen-bond donors (Lipinski definition) is 1. The number of benzene rings is 2. The fraction of sp³-hybridized carbons (Fsp3) is 0.300. The highest BCUT2D eigenvalue weighted by Gasteiger charge is 2.35. The molecule has 2 heterocycles. The first kappa shape index (κ1) is 22.2. The van der Waals surface area contributed by atoms with Crippen LogP contribution in [0.2, 0.25) is 0 Å². The summed E-state index contributed by atoms with van der Waals surface area (Å²) in [6.07, 6.45) is -6.62. The largest absolute Gasteiger partial charge is 0.417 e. The van der Waals surface area contributed by atoms with Crippen molar-refractivity contribution >= 4 is 43.5 Å². The number of nitrogens with one attached hydrogen (secondary N) is 1. The Kier molecular flexibility index (Phi) is 6.10. The van der Waals surface area contributed by atoms with Gasteiger partial charge in [-0.1, -0.05) is 28.1 Å². The van der Waals surface area contributed by atoms with E-state index in [0.717, 1.165) is 22.3 Å². The number of piperazine rings is 1. The van der Waals surface area contributed by atoms with E-state index in [1.165, 1.54) is 18.2 Å². The van der Waals surface area contributed by atoms with Gasteiger partial charge in [0.15, 0.2) is 11.0 Å². The maximum absolute atomic E-state index is 14.0. The molecule has 2 aromatic carbocycles. The van der Waals surface area contributed by atoms with Crippen molar-refractivity contribution < 1.29 is 26.2 Å². The zero-order valence-corrected chi connectivity index (χ0v) is 18.3. The van der Waals surface area contributed by atoms with Crippen molar-refractivity contribution in [1.82, 2.24) is 9.29 Å². The molecule has 166 valence electrons. The number of rotatable bonds is 4. The highest BCUT2D eigenvalue weighted by Crippen LogP contribution is 2.41. The molecule has 1 fully saturated rings. The molecule has 1 saturated heterocycles. The lowest BCUT2D eigenvalue weighted by Gasteiger charge is -2.30. The van der Waals surface area contributed by atoms with Gasteiger partial charge in [0, 0.05) is 53.5 Å². The van der Waals surface area contributed by atoms with Crippen LogP contribution >= 0.6 is 15.9 Å². The van der Waals surface area contributed by atoms with E-state index >= 15 is 0 Å². The topological polar surface area (TPSA) is 37.3 Å². The molecule has 0 saturated carbocycles. The summed E-state index contributed by atoms with van der Waals surface area (Å²) in [5.41, 5.74) is -0.727. The Bertz CT molecular complexity index is 1140. The van der Waals surface area contributed by atoms with Gasteiger partial charge in [0.05, 0.1) is 16.0 Å². The summed E-state index contributed by atoms with van der Waals surface area (Å²) < 4.78 is 83.1. The Labute approximate surface area is 185 Å². The molecule has 0 radical (unpaired) electrons. The van der Waals surface area contributed by atoms with Crippen LogP contribution in [0, 0.1) is 0 Å². The first-order chi connectivity index (χ1) is 14.7. The van der Waals surface area contributed by atoms with Crippen LogP contribution in [-0.2, 0) is 17.2 Å². The summed E-state index contributed by atoms with van der Waals surface area (Å²) >= 11 is 3.36. The standard InChI is InChI=1S/C20H17BrF5N3OS/c21-12-9-15(28-7-5-27-6-8-28)18-13(19(22)23)11-29(16(18)10-12)31(30)17-4-2-1-3-14(17)20(24,25)26/h1-4,9-11,19,27H,5-8H2. The summed E-state index contributed by atoms with van der Waals surface area (Å²) in [7, 11) is -2.38. The van der Waals surface area contributed by atoms with Crippen molar-refractivity contribution in [3.63, 3.8) is 0 Å². The van der Waals surface area contributed by atoms with Crippen LogP contribution in [0.25, 0.3) is 10.9 Å². The number of anilines is 1. The average molecular weight is 522 g/mol. The molecular formula is C20H17BrF5N3OS. The molecule has 4 rings (SSSR count). The summed E-state index contributed by atoms with van der Waals surface area (Å²) in [5, 5.41) is 3.38. The van der Waals surface area contributed by atoms with E-state index in [0.29, 0.717) is 36.3 Å². The SMILES string of the molecule is O=S(c1ccccc1C(F)(F)F)n1cc(C(F)F)c2c(N3CCNCC3)cc(Br)cc21. The van der Waals surface area contributed by atoms with Crippen molar-refractivity contribution in [2.75, 3.05) is 31.1 Å². The Balaban J connectivity index is 1.94. The summed E-state index contributed by atoms with van der Waals surface area (Å²) in [6.45, 7) is 2.51. The number of hydrogen-bond acceptors (Lipinski definition) is 3. The number of nitrogens with zero attached hydrogens (tertiary/aromatic N) is 2. The average Bonchev–Trinajstić information content (AvgIpc) is 3.12. The van der Waals surface area contributed by atoms with E-state index in [-0.39, 0.29) is 16.5 Å². The smallest absolute Gasteiger partial charge is 0.368 e. The second-order valence-electron chi connectivity index (χ2n) is 7.01. The Morgan fingerprint density at radius 2 is 1.77 bits per heavy atom. The lowest BCUT2D eigenvalue weighted by atomic mass is 10.1. The van der Waals surface area contributed by atoms with Crippen LogP contribution in [0.3, 0.4) is 0 Å². The van der Waals surface area contributed by atoms with Gasteiger partial charge in [0.2, 0.25) is 0 Å². The van der Waals surface area contributed by atoms with Crippen LogP contribution < -0.4 is 10.2 Å². The van der Waals surface area contributed by atoms with E-state index in [1.807, 2.05) is 4.90 Å². The quantitative estimate of drug-likeness (QED) is 0.471. The first-order valence-electron chi connectivity index (χ1n) is 9.35. The lowest BCUT2D eigenvalue weighted by molar-refractivity contribution is -0.139. The second-order valence-corrected chi connectivity index (χ2v) is 9.26. The molecule has 4 nitrogen and oxygen atoms in total. The van der Waals surface area contributed by atoms with Gasteiger partial charge in [-0.15, -0.1) is 0 Å². The van der Waals surface area contributed by atoms with Crippen LogP contribution in [0.15, 0.2) is 52.0 Å². The van der Waals surface area contributed by atoms with Crippen molar-refractivity contribution in [1.29, 1.82) is 0 Å². The van der Waals surface area contributed by atoms with E-state index < -0.39 is 34.0 Å². The molecule has 3 aromatic rings. The van der Waals surface area contributed by atoms with Crippen molar-refractivity contribution in [2.45, 2.75) is 17.5 Å². The summed E-state index contributed by atoms with van der Waals surface area (Å²) in [6, 6.07) is 7.67. The summed E-state index contributed by atoms with van der Waals surface area (Å²) in [4.78, 5) is 1.45. The number of aromatic nitrogens is 1. The van der Waals surface area contributed by atoms with Gasteiger partial charge in [0.25, 0.3) is 6.43 Å². The maximum Gasteiger partial charge on any atom is 0.417 e. The van der Waals surface area contributed by atoms with Crippen molar-refractivity contribution in [3.05, 3.63) is 58.2 Å². The van der Waals surface area contributed by atoms with Gasteiger partial charge in [-0.2, -0.15) is 13.2 Å². The number of fused-ring (bicyclic) bond motifs is 1.